The normalized spacial score (nSPS) is 16.8. The molecule has 2 atom stereocenters. The smallest absolute Gasteiger partial charge is 0.246 e. The number of hydrogen-bond acceptors (Lipinski definition) is 9. The number of halogens is 1. The summed E-state index contributed by atoms with van der Waals surface area (Å²) in [5.74, 6) is 1.45. The van der Waals surface area contributed by atoms with Crippen LogP contribution in [0.4, 0.5) is 21.7 Å². The summed E-state index contributed by atoms with van der Waals surface area (Å²) >= 11 is 0. The molecule has 0 unspecified atom stereocenters. The van der Waals surface area contributed by atoms with Gasteiger partial charge in [0.05, 0.1) is 16.7 Å². The van der Waals surface area contributed by atoms with Crippen LogP contribution < -0.4 is 15.0 Å². The Bertz CT molecular complexity index is 1860. The number of amides is 1. The number of likely N-dealkylation sites (tertiary alicyclic amines) is 1. The van der Waals surface area contributed by atoms with Crippen molar-refractivity contribution in [1.82, 2.24) is 34.8 Å². The summed E-state index contributed by atoms with van der Waals surface area (Å²) in [6, 6.07) is 12.7. The number of rotatable bonds is 7. The van der Waals surface area contributed by atoms with Gasteiger partial charge in [0, 0.05) is 44.4 Å². The lowest BCUT2D eigenvalue weighted by Gasteiger charge is -2.41. The van der Waals surface area contributed by atoms with Crippen molar-refractivity contribution in [3.63, 3.8) is 0 Å². The maximum Gasteiger partial charge on any atom is 0.246 e. The van der Waals surface area contributed by atoms with Gasteiger partial charge >= 0.3 is 0 Å². The predicted octanol–water partition coefficient (Wildman–Crippen LogP) is 5.29. The molecule has 0 radical (unpaired) electrons. The van der Waals surface area contributed by atoms with Gasteiger partial charge in [-0.15, -0.1) is 5.10 Å². The third kappa shape index (κ3) is 5.31. The van der Waals surface area contributed by atoms with Crippen molar-refractivity contribution in [2.24, 2.45) is 7.05 Å². The topological polar surface area (TPSA) is 114 Å². The quantitative estimate of drug-likeness (QED) is 0.256. The average Bonchev–Trinajstić information content (AvgIpc) is 3.39. The fraction of sp³-hybridized carbons (Fsp3) is 0.290. The minimum Gasteiger partial charge on any atom is -0.457 e. The molecule has 11 nitrogen and oxygen atoms in total. The zero-order valence-corrected chi connectivity index (χ0v) is 24.5. The molecular formula is C31H32FN9O2. The Labute approximate surface area is 248 Å². The minimum absolute atomic E-state index is 0.0720. The number of likely N-dealkylation sites (N-methyl/N-ethyl adjacent to an activating group) is 1. The molecule has 1 saturated heterocycles. The predicted molar refractivity (Wildman–Crippen MR) is 163 cm³/mol. The second-order valence-electron chi connectivity index (χ2n) is 10.8. The van der Waals surface area contributed by atoms with Gasteiger partial charge in [-0.05, 0) is 69.2 Å². The summed E-state index contributed by atoms with van der Waals surface area (Å²) < 4.78 is 23.3. The van der Waals surface area contributed by atoms with Crippen LogP contribution in [0.5, 0.6) is 11.5 Å². The van der Waals surface area contributed by atoms with Crippen LogP contribution in [-0.4, -0.2) is 66.4 Å². The van der Waals surface area contributed by atoms with Crippen molar-refractivity contribution >= 4 is 45.3 Å². The van der Waals surface area contributed by atoms with E-state index < -0.39 is 5.82 Å². The minimum atomic E-state index is -0.471. The van der Waals surface area contributed by atoms with Crippen LogP contribution in [0.2, 0.25) is 0 Å². The molecule has 0 bridgehead atoms. The van der Waals surface area contributed by atoms with E-state index in [0.29, 0.717) is 51.8 Å². The number of anilines is 3. The summed E-state index contributed by atoms with van der Waals surface area (Å²) in [5, 5.41) is 11.2. The van der Waals surface area contributed by atoms with Crippen LogP contribution in [0.3, 0.4) is 0 Å². The monoisotopic (exact) mass is 581 g/mol. The van der Waals surface area contributed by atoms with E-state index in [4.69, 9.17) is 9.72 Å². The number of benzene rings is 2. The van der Waals surface area contributed by atoms with Crippen LogP contribution in [-0.2, 0) is 11.8 Å². The molecule has 0 saturated carbocycles. The Kier molecular flexibility index (Phi) is 7.34. The molecule has 2 aromatic carbocycles. The van der Waals surface area contributed by atoms with E-state index in [2.05, 4.69) is 44.0 Å². The van der Waals surface area contributed by atoms with Crippen molar-refractivity contribution in [2.45, 2.75) is 38.8 Å². The number of fused-ring (bicyclic) bond motifs is 2. The van der Waals surface area contributed by atoms with Crippen LogP contribution in [0.1, 0.15) is 25.3 Å². The number of piperidine rings is 1. The molecule has 12 heteroatoms. The van der Waals surface area contributed by atoms with Gasteiger partial charge in [0.1, 0.15) is 34.7 Å². The molecule has 4 heterocycles. The lowest BCUT2D eigenvalue weighted by molar-refractivity contribution is -0.129. The number of carbonyl (C=O) groups is 1. The zero-order valence-electron chi connectivity index (χ0n) is 24.5. The molecule has 1 fully saturated rings. The number of carbonyl (C=O) groups excluding carboxylic acids is 1. The molecule has 1 aliphatic rings. The average molecular weight is 582 g/mol. The number of ether oxygens (including phenoxy) is 1. The number of aromatic nitrogens is 6. The maximum absolute atomic E-state index is 15.6. The standard InChI is InChI=1S/C31H32FN9O2/c1-6-28(42)41-16-20(8-7-18(41)2)39(4)27-14-11-23-30(36-27)31(34-17-33-23)35-22-10-13-26(19(3)29(22)32)43-21-9-12-25-24(15-21)37-38-40(25)5/h6,9-15,17-18,20H,1,7-8,16H2,2-5H3,(H,33,34,35)/t18-,20+/m1/s1. The Balaban J connectivity index is 1.25. The van der Waals surface area contributed by atoms with Crippen molar-refractivity contribution in [2.75, 3.05) is 23.8 Å². The van der Waals surface area contributed by atoms with E-state index >= 15 is 4.39 Å². The highest BCUT2D eigenvalue weighted by molar-refractivity contribution is 5.89. The van der Waals surface area contributed by atoms with Crippen LogP contribution in [0.25, 0.3) is 22.1 Å². The van der Waals surface area contributed by atoms with E-state index in [1.165, 1.54) is 12.4 Å². The summed E-state index contributed by atoms with van der Waals surface area (Å²) in [6.45, 7) is 7.93. The van der Waals surface area contributed by atoms with Crippen LogP contribution in [0, 0.1) is 12.7 Å². The number of nitrogens with one attached hydrogen (secondary N) is 1. The van der Waals surface area contributed by atoms with E-state index in [9.17, 15) is 4.79 Å². The zero-order chi connectivity index (χ0) is 30.2. The highest BCUT2D eigenvalue weighted by Gasteiger charge is 2.30. The lowest BCUT2D eigenvalue weighted by Crippen LogP contribution is -2.52. The number of aryl methyl sites for hydroxylation is 1. The highest BCUT2D eigenvalue weighted by atomic mass is 19.1. The fourth-order valence-electron chi connectivity index (χ4n) is 5.45. The molecule has 220 valence electrons. The van der Waals surface area contributed by atoms with Gasteiger partial charge in [-0.1, -0.05) is 11.8 Å². The van der Waals surface area contributed by atoms with Gasteiger partial charge in [-0.2, -0.15) is 0 Å². The summed E-state index contributed by atoms with van der Waals surface area (Å²) in [6.07, 6.45) is 4.58. The first kappa shape index (κ1) is 28.0. The Morgan fingerprint density at radius 3 is 2.81 bits per heavy atom. The second kappa shape index (κ2) is 11.3. The SMILES string of the molecule is C=CC(=O)N1C[C@@H](N(C)c2ccc3ncnc(Nc4ccc(Oc5ccc6c(c5)nnn6C)c(C)c4F)c3n2)CC[C@H]1C. The molecule has 0 spiro atoms. The molecule has 1 amide bonds. The second-order valence-corrected chi connectivity index (χ2v) is 10.8. The molecule has 43 heavy (non-hydrogen) atoms. The molecule has 3 aromatic heterocycles. The van der Waals surface area contributed by atoms with Gasteiger partial charge < -0.3 is 19.9 Å². The molecule has 0 aliphatic carbocycles. The van der Waals surface area contributed by atoms with Crippen LogP contribution in [0.15, 0.2) is 61.4 Å². The highest BCUT2D eigenvalue weighted by Crippen LogP contribution is 2.34. The Morgan fingerprint density at radius 1 is 1.16 bits per heavy atom. The molecule has 6 rings (SSSR count). The van der Waals surface area contributed by atoms with E-state index in [1.54, 1.807) is 35.9 Å². The van der Waals surface area contributed by atoms with Crippen molar-refractivity contribution in [3.05, 3.63) is 72.8 Å². The van der Waals surface area contributed by atoms with Crippen LogP contribution >= 0.6 is 0 Å². The summed E-state index contributed by atoms with van der Waals surface area (Å²) in [5.41, 5.74) is 3.24. The Morgan fingerprint density at radius 2 is 2.00 bits per heavy atom. The number of nitrogens with zero attached hydrogens (tertiary/aromatic N) is 8. The fourth-order valence-corrected chi connectivity index (χ4v) is 5.45. The maximum atomic E-state index is 15.6. The number of hydrogen-bond donors (Lipinski definition) is 1. The summed E-state index contributed by atoms with van der Waals surface area (Å²) in [7, 11) is 3.78. The van der Waals surface area contributed by atoms with E-state index in [-0.39, 0.29) is 23.7 Å². The number of pyridine rings is 1. The third-order valence-electron chi connectivity index (χ3n) is 8.09. The summed E-state index contributed by atoms with van der Waals surface area (Å²) in [4.78, 5) is 29.9. The largest absolute Gasteiger partial charge is 0.457 e. The van der Waals surface area contributed by atoms with Crippen molar-refractivity contribution < 1.29 is 13.9 Å². The van der Waals surface area contributed by atoms with Gasteiger partial charge in [0.2, 0.25) is 5.91 Å². The van der Waals surface area contributed by atoms with E-state index in [1.807, 2.05) is 37.2 Å². The molecule has 5 aromatic rings. The third-order valence-corrected chi connectivity index (χ3v) is 8.09. The Hall–Kier alpha value is -5.13. The molecule has 1 N–H and O–H groups in total. The van der Waals surface area contributed by atoms with E-state index in [0.717, 1.165) is 18.4 Å². The molecule has 1 aliphatic heterocycles. The van der Waals surface area contributed by atoms with Gasteiger partial charge in [0.25, 0.3) is 0 Å². The van der Waals surface area contributed by atoms with Gasteiger partial charge in [-0.3, -0.25) is 4.79 Å². The first-order valence-corrected chi connectivity index (χ1v) is 14.0. The van der Waals surface area contributed by atoms with Crippen molar-refractivity contribution in [3.8, 4) is 11.5 Å². The molecular weight excluding hydrogens is 549 g/mol. The lowest BCUT2D eigenvalue weighted by atomic mass is 9.98. The van der Waals surface area contributed by atoms with Gasteiger partial charge in [-0.25, -0.2) is 24.0 Å². The first-order valence-electron chi connectivity index (χ1n) is 14.0. The van der Waals surface area contributed by atoms with Gasteiger partial charge in [0.15, 0.2) is 11.6 Å². The first-order chi connectivity index (χ1) is 20.7. The van der Waals surface area contributed by atoms with Crippen molar-refractivity contribution in [1.29, 1.82) is 0 Å².